The summed E-state index contributed by atoms with van der Waals surface area (Å²) in [5.74, 6) is 0.170. The molecule has 1 nitrogen and oxygen atoms in total. The van der Waals surface area contributed by atoms with E-state index in [1.165, 1.54) is 16.7 Å². The lowest BCUT2D eigenvalue weighted by Crippen LogP contribution is -2.21. The fourth-order valence-corrected chi connectivity index (χ4v) is 2.87. The van der Waals surface area contributed by atoms with Crippen molar-refractivity contribution in [2.45, 2.75) is 72.3 Å². The Labute approximate surface area is 131 Å². The van der Waals surface area contributed by atoms with E-state index in [1.807, 2.05) is 6.92 Å². The fraction of sp³-hybridized carbons (Fsp3) is 0.600. The van der Waals surface area contributed by atoms with Gasteiger partial charge in [0, 0.05) is 5.92 Å². The monoisotopic (exact) mass is 288 g/mol. The van der Waals surface area contributed by atoms with Crippen LogP contribution in [0.25, 0.3) is 0 Å². The molecule has 118 valence electrons. The van der Waals surface area contributed by atoms with Crippen molar-refractivity contribution >= 4 is 0 Å². The van der Waals surface area contributed by atoms with E-state index < -0.39 is 0 Å². The van der Waals surface area contributed by atoms with E-state index >= 15 is 0 Å². The lowest BCUT2D eigenvalue weighted by atomic mass is 9.87. The summed E-state index contributed by atoms with van der Waals surface area (Å²) in [6, 6.07) is 0. The van der Waals surface area contributed by atoms with Gasteiger partial charge < -0.3 is 5.11 Å². The number of aliphatic hydroxyl groups is 1. The molecule has 0 amide bonds. The van der Waals surface area contributed by atoms with Crippen LogP contribution in [-0.2, 0) is 0 Å². The molecule has 0 unspecified atom stereocenters. The Morgan fingerprint density at radius 3 is 2.10 bits per heavy atom. The average molecular weight is 288 g/mol. The normalized spacial score (nSPS) is 26.2. The van der Waals surface area contributed by atoms with Crippen LogP contribution in [0.1, 0.15) is 66.2 Å². The third-order valence-corrected chi connectivity index (χ3v) is 4.41. The van der Waals surface area contributed by atoms with E-state index in [1.54, 1.807) is 0 Å². The summed E-state index contributed by atoms with van der Waals surface area (Å²) in [6.45, 7) is 12.7. The van der Waals surface area contributed by atoms with E-state index in [0.29, 0.717) is 0 Å². The molecule has 0 saturated carbocycles. The molecule has 0 heterocycles. The van der Waals surface area contributed by atoms with Crippen LogP contribution in [0.3, 0.4) is 0 Å². The van der Waals surface area contributed by atoms with Gasteiger partial charge >= 0.3 is 0 Å². The molecule has 0 bridgehead atoms. The van der Waals surface area contributed by atoms with E-state index in [-0.39, 0.29) is 12.0 Å². The minimum atomic E-state index is -0.317. The van der Waals surface area contributed by atoms with Crippen LogP contribution in [0.4, 0.5) is 0 Å². The smallest absolute Gasteiger partial charge is 0.0645 e. The van der Waals surface area contributed by atoms with Crippen LogP contribution in [-0.4, -0.2) is 11.2 Å². The molecule has 2 atom stereocenters. The first-order valence-corrected chi connectivity index (χ1v) is 8.20. The maximum absolute atomic E-state index is 10.5. The van der Waals surface area contributed by atoms with E-state index in [4.69, 9.17) is 0 Å². The molecule has 0 aromatic heterocycles. The first kappa shape index (κ1) is 18.0. The second-order valence-corrected chi connectivity index (χ2v) is 6.69. The highest BCUT2D eigenvalue weighted by Crippen LogP contribution is 2.25. The topological polar surface area (TPSA) is 20.2 Å². The Balaban J connectivity index is 2.90. The molecule has 0 aromatic carbocycles. The number of aliphatic hydroxyl groups excluding tert-OH is 1. The summed E-state index contributed by atoms with van der Waals surface area (Å²) < 4.78 is 0. The Bertz CT molecular complexity index is 437. The summed E-state index contributed by atoms with van der Waals surface area (Å²) in [4.78, 5) is 0. The first-order valence-electron chi connectivity index (χ1n) is 8.20. The second kappa shape index (κ2) is 9.04. The Morgan fingerprint density at radius 2 is 1.52 bits per heavy atom. The molecule has 0 fully saturated rings. The molecule has 21 heavy (non-hydrogen) atoms. The highest BCUT2D eigenvalue weighted by molar-refractivity contribution is 5.12. The van der Waals surface area contributed by atoms with Gasteiger partial charge in [0.2, 0.25) is 0 Å². The zero-order chi connectivity index (χ0) is 15.8. The highest BCUT2D eigenvalue weighted by atomic mass is 16.3. The molecule has 1 rings (SSSR count). The van der Waals surface area contributed by atoms with Crippen LogP contribution >= 0.6 is 0 Å². The molecule has 0 radical (unpaired) electrons. The predicted octanol–water partition coefficient (Wildman–Crippen LogP) is 5.73. The lowest BCUT2D eigenvalue weighted by Gasteiger charge is -2.23. The van der Waals surface area contributed by atoms with E-state index in [2.05, 4.69) is 45.6 Å². The summed E-state index contributed by atoms with van der Waals surface area (Å²) in [5.41, 5.74) is 5.27. The van der Waals surface area contributed by atoms with Gasteiger partial charge in [-0.1, -0.05) is 47.1 Å². The van der Waals surface area contributed by atoms with Gasteiger partial charge in [0.05, 0.1) is 6.10 Å². The van der Waals surface area contributed by atoms with Crippen LogP contribution in [0.15, 0.2) is 47.1 Å². The van der Waals surface area contributed by atoms with Crippen LogP contribution in [0, 0.1) is 5.92 Å². The molecular formula is C20H32O. The fourth-order valence-electron chi connectivity index (χ4n) is 2.87. The molecule has 0 spiro atoms. The summed E-state index contributed by atoms with van der Waals surface area (Å²) >= 11 is 0. The van der Waals surface area contributed by atoms with Gasteiger partial charge in [-0.3, -0.25) is 0 Å². The van der Waals surface area contributed by atoms with Gasteiger partial charge in [0.1, 0.15) is 0 Å². The second-order valence-electron chi connectivity index (χ2n) is 6.69. The lowest BCUT2D eigenvalue weighted by molar-refractivity contribution is 0.126. The summed E-state index contributed by atoms with van der Waals surface area (Å²) in [6.07, 6.45) is 12.7. The van der Waals surface area contributed by atoms with Crippen LogP contribution in [0.2, 0.25) is 0 Å². The minimum absolute atomic E-state index is 0.170. The highest BCUT2D eigenvalue weighted by Gasteiger charge is 2.19. The first-order chi connectivity index (χ1) is 9.90. The number of rotatable bonds is 1. The van der Waals surface area contributed by atoms with Crippen LogP contribution in [0.5, 0.6) is 0 Å². The minimum Gasteiger partial charge on any atom is -0.392 e. The summed E-state index contributed by atoms with van der Waals surface area (Å²) in [7, 11) is 0. The van der Waals surface area contributed by atoms with Gasteiger partial charge in [-0.25, -0.2) is 0 Å². The van der Waals surface area contributed by atoms with Crippen molar-refractivity contribution < 1.29 is 5.11 Å². The zero-order valence-corrected chi connectivity index (χ0v) is 14.3. The zero-order valence-electron chi connectivity index (χ0n) is 14.3. The number of allylic oxidation sites excluding steroid dienone is 5. The maximum atomic E-state index is 10.5. The molecule has 0 aliphatic heterocycles. The van der Waals surface area contributed by atoms with Gasteiger partial charge in [0.25, 0.3) is 0 Å². The largest absolute Gasteiger partial charge is 0.392 e. The Morgan fingerprint density at radius 1 is 1.00 bits per heavy atom. The molecule has 1 heteroatoms. The van der Waals surface area contributed by atoms with Crippen LogP contribution < -0.4 is 0 Å². The van der Waals surface area contributed by atoms with Gasteiger partial charge in [-0.05, 0) is 66.2 Å². The van der Waals surface area contributed by atoms with Gasteiger partial charge in [0.15, 0.2) is 0 Å². The van der Waals surface area contributed by atoms with Crippen molar-refractivity contribution in [3.05, 3.63) is 47.1 Å². The van der Waals surface area contributed by atoms with E-state index in [0.717, 1.165) is 44.1 Å². The average Bonchev–Trinajstić information content (AvgIpc) is 2.37. The molecular weight excluding hydrogens is 256 g/mol. The van der Waals surface area contributed by atoms with Crippen molar-refractivity contribution in [2.75, 3.05) is 0 Å². The van der Waals surface area contributed by atoms with Crippen molar-refractivity contribution in [1.82, 2.24) is 0 Å². The van der Waals surface area contributed by atoms with Gasteiger partial charge in [-0.15, -0.1) is 0 Å². The quantitative estimate of drug-likeness (QED) is 0.611. The third-order valence-electron chi connectivity index (χ3n) is 4.41. The number of hydrogen-bond acceptors (Lipinski definition) is 1. The molecule has 0 aromatic rings. The third kappa shape index (κ3) is 6.95. The maximum Gasteiger partial charge on any atom is 0.0645 e. The molecule has 1 aliphatic carbocycles. The Hall–Kier alpha value is -1.08. The van der Waals surface area contributed by atoms with E-state index in [9.17, 15) is 5.11 Å². The van der Waals surface area contributed by atoms with Crippen molar-refractivity contribution in [3.63, 3.8) is 0 Å². The summed E-state index contributed by atoms with van der Waals surface area (Å²) in [5, 5.41) is 10.5. The van der Waals surface area contributed by atoms with Crippen molar-refractivity contribution in [2.24, 2.45) is 5.92 Å². The molecule has 0 saturated heterocycles. The Kier molecular flexibility index (Phi) is 7.74. The number of hydrogen-bond donors (Lipinski definition) is 1. The molecule has 1 aliphatic rings. The van der Waals surface area contributed by atoms with Crippen molar-refractivity contribution in [3.8, 4) is 0 Å². The predicted molar refractivity (Wildman–Crippen MR) is 93.3 cm³/mol. The molecule has 1 N–H and O–H groups in total. The van der Waals surface area contributed by atoms with Crippen molar-refractivity contribution in [1.29, 1.82) is 0 Å². The SMILES string of the molecule is C=C(C)[C@H]1CC=C(C)CCC=C(C)CCC=C(C)C[C@H]1O. The standard InChI is InChI=1S/C20H32O/c1-15(2)19-13-12-17(4)10-6-8-16(3)9-7-11-18(5)14-20(19)21/h8,11-12,19-21H,1,6-7,9-10,13-14H2,2-5H3/t19-,20-/m1/s1. The van der Waals surface area contributed by atoms with Gasteiger partial charge in [-0.2, -0.15) is 0 Å².